The Hall–Kier alpha value is -7.94. The number of anilines is 3. The second kappa shape index (κ2) is 16.1. The van der Waals surface area contributed by atoms with E-state index >= 15 is 0 Å². The molecule has 0 unspecified atom stereocenters. The fourth-order valence-corrected chi connectivity index (χ4v) is 23.4. The Bertz CT molecular complexity index is 3910. The minimum absolute atomic E-state index is 1.12. The first-order valence-electron chi connectivity index (χ1n) is 23.8. The van der Waals surface area contributed by atoms with Crippen molar-refractivity contribution in [2.24, 2.45) is 0 Å². The highest BCUT2D eigenvalue weighted by Gasteiger charge is 2.53. The van der Waals surface area contributed by atoms with Gasteiger partial charge in [0.25, 0.3) is 0 Å². The van der Waals surface area contributed by atoms with Crippen LogP contribution in [0.3, 0.4) is 0 Å². The third-order valence-corrected chi connectivity index (χ3v) is 24.4. The molecule has 0 saturated heterocycles. The number of rotatable bonds is 6. The van der Waals surface area contributed by atoms with Gasteiger partial charge in [-0.1, -0.05) is 221 Å². The second-order valence-corrected chi connectivity index (χ2v) is 25.3. The van der Waals surface area contributed by atoms with Crippen LogP contribution in [0, 0.1) is 0 Å². The molecule has 11 aromatic carbocycles. The Morgan fingerprint density at radius 3 is 1.77 bits per heavy atom. The maximum atomic E-state index is 2.63. The maximum absolute atomic E-state index is 2.91. The summed E-state index contributed by atoms with van der Waals surface area (Å²) in [4.78, 5) is 5.27. The number of hydrogen-bond donors (Lipinski definition) is 0. The first-order valence-corrected chi connectivity index (χ1v) is 28.1. The van der Waals surface area contributed by atoms with Gasteiger partial charge in [0.15, 0.2) is 16.9 Å². The lowest BCUT2D eigenvalue weighted by Gasteiger charge is -2.46. The first-order chi connectivity index (χ1) is 34.3. The predicted molar refractivity (Wildman–Crippen MR) is 297 cm³/mol. The van der Waals surface area contributed by atoms with Gasteiger partial charge >= 0.3 is 0 Å². The SMILES string of the molecule is c1ccc(-n2c3ccccc3c3c(-c4ccc(N(c5ccc6c(c5)[Si]5(c7ccccc7Sc7ccccc75)c5ccccc5[Si]6c5ccccc5)c5cccc6ccccc56)cc4)cccc32)cc1. The molecule has 2 aliphatic heterocycles. The lowest BCUT2D eigenvalue weighted by molar-refractivity contribution is 1.18. The summed E-state index contributed by atoms with van der Waals surface area (Å²) in [6, 6.07) is 98.3. The van der Waals surface area contributed by atoms with Crippen LogP contribution < -0.4 is 41.2 Å². The quantitative estimate of drug-likeness (QED) is 0.154. The molecule has 0 amide bonds. The van der Waals surface area contributed by atoms with E-state index < -0.39 is 16.9 Å². The molecule has 1 radical (unpaired) electrons. The normalized spacial score (nSPS) is 13.5. The number of fused-ring (bicyclic) bond motifs is 12. The van der Waals surface area contributed by atoms with Crippen molar-refractivity contribution in [3.8, 4) is 16.8 Å². The molecule has 0 atom stereocenters. The molecule has 0 bridgehead atoms. The van der Waals surface area contributed by atoms with Gasteiger partial charge in [0.05, 0.1) is 16.7 Å². The maximum Gasteiger partial charge on any atom is 0.181 e. The summed E-state index contributed by atoms with van der Waals surface area (Å²) in [5, 5.41) is 15.4. The van der Waals surface area contributed by atoms with Gasteiger partial charge in [-0.2, -0.15) is 0 Å². The van der Waals surface area contributed by atoms with Crippen molar-refractivity contribution in [1.29, 1.82) is 0 Å². The lowest BCUT2D eigenvalue weighted by atomic mass is 9.99. The topological polar surface area (TPSA) is 8.17 Å². The molecule has 5 heteroatoms. The van der Waals surface area contributed by atoms with E-state index in [4.69, 9.17) is 0 Å². The van der Waals surface area contributed by atoms with Crippen LogP contribution in [0.4, 0.5) is 17.1 Å². The monoisotopic (exact) mass is 927 g/mol. The minimum Gasteiger partial charge on any atom is -0.310 e. The lowest BCUT2D eigenvalue weighted by Crippen LogP contribution is -2.87. The van der Waals surface area contributed by atoms with Crippen molar-refractivity contribution in [2.75, 3.05) is 4.90 Å². The highest BCUT2D eigenvalue weighted by molar-refractivity contribution is 8.00. The third-order valence-electron chi connectivity index (χ3n) is 14.6. The molecular weight excluding hydrogens is 885 g/mol. The Morgan fingerprint density at radius 2 is 0.986 bits per heavy atom. The van der Waals surface area contributed by atoms with Gasteiger partial charge in [0, 0.05) is 43.0 Å². The fraction of sp³-hybridized carbons (Fsp3) is 0. The van der Waals surface area contributed by atoms with Crippen molar-refractivity contribution < 1.29 is 0 Å². The summed E-state index contributed by atoms with van der Waals surface area (Å²) < 4.78 is 2.40. The highest BCUT2D eigenvalue weighted by atomic mass is 32.2. The van der Waals surface area contributed by atoms with E-state index in [0.29, 0.717) is 0 Å². The number of hydrogen-bond acceptors (Lipinski definition) is 2. The van der Waals surface area contributed by atoms with Crippen molar-refractivity contribution in [1.82, 2.24) is 4.57 Å². The van der Waals surface area contributed by atoms with Crippen LogP contribution >= 0.6 is 11.8 Å². The summed E-state index contributed by atoms with van der Waals surface area (Å²) in [5.74, 6) is 0. The Morgan fingerprint density at radius 1 is 0.406 bits per heavy atom. The van der Waals surface area contributed by atoms with Gasteiger partial charge in [-0.25, -0.2) is 0 Å². The Kier molecular flexibility index (Phi) is 9.37. The molecule has 1 aromatic heterocycles. The largest absolute Gasteiger partial charge is 0.310 e. The molecular formula is C64H43N2SSi2. The highest BCUT2D eigenvalue weighted by Crippen LogP contribution is 2.43. The summed E-state index contributed by atoms with van der Waals surface area (Å²) in [5.41, 5.74) is 9.44. The third kappa shape index (κ3) is 6.11. The number of benzene rings is 11. The number of para-hydroxylation sites is 2. The van der Waals surface area contributed by atoms with E-state index in [1.54, 1.807) is 0 Å². The average molecular weight is 928 g/mol. The van der Waals surface area contributed by atoms with E-state index in [1.807, 2.05) is 11.8 Å². The zero-order chi connectivity index (χ0) is 45.5. The van der Waals surface area contributed by atoms with Gasteiger partial charge in [0.1, 0.15) is 0 Å². The molecule has 2 aliphatic rings. The van der Waals surface area contributed by atoms with E-state index in [2.05, 4.69) is 270 Å². The molecule has 14 rings (SSSR count). The molecule has 69 heavy (non-hydrogen) atoms. The molecule has 1 spiro atoms. The van der Waals surface area contributed by atoms with Gasteiger partial charge in [-0.15, -0.1) is 0 Å². The van der Waals surface area contributed by atoms with Gasteiger partial charge in [0.2, 0.25) is 0 Å². The van der Waals surface area contributed by atoms with Crippen molar-refractivity contribution in [2.45, 2.75) is 9.79 Å². The number of nitrogens with zero attached hydrogens (tertiary/aromatic N) is 2. The minimum atomic E-state index is -2.91. The van der Waals surface area contributed by atoms with Crippen LogP contribution in [0.2, 0.25) is 0 Å². The van der Waals surface area contributed by atoms with Crippen molar-refractivity contribution in [3.63, 3.8) is 0 Å². The van der Waals surface area contributed by atoms with Crippen LogP contribution in [-0.4, -0.2) is 21.4 Å². The molecule has 0 fully saturated rings. The van der Waals surface area contributed by atoms with Crippen molar-refractivity contribution in [3.05, 3.63) is 261 Å². The average Bonchev–Trinajstić information content (AvgIpc) is 3.76. The zero-order valence-corrected chi connectivity index (χ0v) is 40.4. The van der Waals surface area contributed by atoms with E-state index in [0.717, 1.165) is 17.1 Å². The van der Waals surface area contributed by atoms with E-state index in [-0.39, 0.29) is 0 Å². The van der Waals surface area contributed by atoms with E-state index in [1.165, 1.54) is 95.5 Å². The van der Waals surface area contributed by atoms with Crippen LogP contribution in [0.15, 0.2) is 271 Å². The molecule has 0 N–H and O–H groups in total. The van der Waals surface area contributed by atoms with Crippen LogP contribution in [0.1, 0.15) is 0 Å². The molecule has 12 aromatic rings. The summed E-state index contributed by atoms with van der Waals surface area (Å²) in [7, 11) is -4.31. The summed E-state index contributed by atoms with van der Waals surface area (Å²) >= 11 is 1.93. The second-order valence-electron chi connectivity index (χ2n) is 18.1. The number of aromatic nitrogens is 1. The molecule has 323 valence electrons. The van der Waals surface area contributed by atoms with E-state index in [9.17, 15) is 0 Å². The van der Waals surface area contributed by atoms with Crippen LogP contribution in [0.25, 0.3) is 49.4 Å². The van der Waals surface area contributed by atoms with Gasteiger partial charge in [-0.05, 0) is 104 Å². The van der Waals surface area contributed by atoms with Crippen LogP contribution in [0.5, 0.6) is 0 Å². The predicted octanol–water partition coefficient (Wildman–Crippen LogP) is 11.7. The molecule has 0 aliphatic carbocycles. The summed E-state index contributed by atoms with van der Waals surface area (Å²) in [6.07, 6.45) is 0. The standard InChI is InChI=1S/C64H43N2SSi2/c1-3-21-46(22-4-1)66-54-28-10-9-26-52(54)64-51(27-18-30-55(64)66)45-37-39-47(40-38-45)65(53-29-17-20-44-19-7-8-25-50(44)53)48-41-42-59-63(43-48)69(60-34-14-11-31-56(60)67-57-32-12-15-35-61(57)69)62-36-16-13-33-58(62)68(59)49-23-5-2-6-24-49/h1-43H. The molecule has 2 nitrogen and oxygen atoms in total. The summed E-state index contributed by atoms with van der Waals surface area (Å²) in [6.45, 7) is 0. The van der Waals surface area contributed by atoms with Gasteiger partial charge < -0.3 is 9.47 Å². The van der Waals surface area contributed by atoms with Crippen molar-refractivity contribution >= 4 is 115 Å². The zero-order valence-electron chi connectivity index (χ0n) is 37.6. The molecule has 3 heterocycles. The van der Waals surface area contributed by atoms with Crippen LogP contribution in [-0.2, 0) is 0 Å². The Labute approximate surface area is 409 Å². The van der Waals surface area contributed by atoms with Gasteiger partial charge in [-0.3, -0.25) is 0 Å². The molecule has 0 saturated carbocycles. The Balaban J connectivity index is 1.01. The fourth-order valence-electron chi connectivity index (χ4n) is 11.7. The first kappa shape index (κ1) is 40.2. The smallest absolute Gasteiger partial charge is 0.181 e.